The summed E-state index contributed by atoms with van der Waals surface area (Å²) in [7, 11) is 0. The zero-order chi connectivity index (χ0) is 4.12. The normalized spacial score (nSPS) is 5.60. The lowest BCUT2D eigenvalue weighted by Gasteiger charge is -1.75. The molecule has 0 saturated carbocycles. The predicted octanol–water partition coefficient (Wildman–Crippen LogP) is -0.109. The summed E-state index contributed by atoms with van der Waals surface area (Å²) in [6.45, 7) is 3.82. The smallest absolute Gasteiger partial charge is 0.176 e. The van der Waals surface area contributed by atoms with Crippen LogP contribution in [0.3, 0.4) is 0 Å². The van der Waals surface area contributed by atoms with E-state index in [1.807, 2.05) is 0 Å². The first-order valence-corrected chi connectivity index (χ1v) is 1.33. The molecule has 0 spiro atoms. The molecule has 0 rings (SSSR count). The first-order valence-electron chi connectivity index (χ1n) is 1.33. The monoisotopic (exact) mass is 69.0 g/mol. The Labute approximate surface area is 31.4 Å². The summed E-state index contributed by atoms with van der Waals surface area (Å²) in [4.78, 5) is 0. The maximum absolute atomic E-state index is 7.67. The van der Waals surface area contributed by atoms with Gasteiger partial charge in [-0.05, 0) is 6.92 Å². The van der Waals surface area contributed by atoms with Gasteiger partial charge in [-0.2, -0.15) is 5.26 Å². The van der Waals surface area contributed by atoms with E-state index >= 15 is 0 Å². The van der Waals surface area contributed by atoms with Crippen molar-refractivity contribution in [1.29, 1.82) is 5.26 Å². The van der Waals surface area contributed by atoms with Crippen molar-refractivity contribution in [3.8, 4) is 6.19 Å². The van der Waals surface area contributed by atoms with Crippen molar-refractivity contribution in [2.75, 3.05) is 6.54 Å². The highest BCUT2D eigenvalue weighted by atomic mass is 14.8. The van der Waals surface area contributed by atoms with Crippen molar-refractivity contribution < 1.29 is 0 Å². The van der Waals surface area contributed by atoms with Crippen molar-refractivity contribution in [1.82, 2.24) is 5.32 Å². The van der Waals surface area contributed by atoms with Crippen LogP contribution < -0.4 is 5.32 Å². The fraction of sp³-hybridized carbons (Fsp3) is 0.333. The molecule has 0 aromatic heterocycles. The summed E-state index contributed by atoms with van der Waals surface area (Å²) >= 11 is 0. The van der Waals surface area contributed by atoms with Crippen molar-refractivity contribution in [3.63, 3.8) is 0 Å². The molecule has 0 aromatic rings. The fourth-order valence-electron chi connectivity index (χ4n) is 0.0559. The third-order valence-corrected chi connectivity index (χ3v) is 0.204. The quantitative estimate of drug-likeness (QED) is 0.344. The Kier molecular flexibility index (Phi) is 2.82. The molecule has 0 aromatic carbocycles. The van der Waals surface area contributed by atoms with Crippen LogP contribution in [0.15, 0.2) is 0 Å². The summed E-state index contributed by atoms with van der Waals surface area (Å²) in [5.74, 6) is 0. The van der Waals surface area contributed by atoms with Gasteiger partial charge in [-0.1, -0.05) is 0 Å². The average Bonchev–Trinajstić information content (AvgIpc) is 1.41. The van der Waals surface area contributed by atoms with Gasteiger partial charge in [0.15, 0.2) is 6.19 Å². The molecule has 0 aliphatic heterocycles. The minimum absolute atomic E-state index is 0.483. The minimum Gasteiger partial charge on any atom is -0.324 e. The van der Waals surface area contributed by atoms with Gasteiger partial charge >= 0.3 is 0 Å². The number of hydrogen-bond donors (Lipinski definition) is 1. The summed E-state index contributed by atoms with van der Waals surface area (Å²) in [5, 5.41) is 9.97. The summed E-state index contributed by atoms with van der Waals surface area (Å²) < 4.78 is 0. The molecule has 0 heterocycles. The molecule has 0 aliphatic carbocycles. The zero-order valence-corrected chi connectivity index (χ0v) is 2.86. The summed E-state index contributed by atoms with van der Waals surface area (Å²) in [6, 6.07) is 0. The van der Waals surface area contributed by atoms with Gasteiger partial charge in [-0.25, -0.2) is 0 Å². The molecule has 0 bridgehead atoms. The maximum atomic E-state index is 7.67. The standard InChI is InChI=1S/C3H5N2/c1-2-5-3-4/h5H,1-2H2. The van der Waals surface area contributed by atoms with E-state index in [2.05, 4.69) is 12.2 Å². The van der Waals surface area contributed by atoms with E-state index in [0.717, 1.165) is 0 Å². The van der Waals surface area contributed by atoms with Crippen molar-refractivity contribution in [3.05, 3.63) is 6.92 Å². The second-order valence-electron chi connectivity index (χ2n) is 0.539. The van der Waals surface area contributed by atoms with Crippen LogP contribution in [0.25, 0.3) is 0 Å². The van der Waals surface area contributed by atoms with Gasteiger partial charge in [-0.15, -0.1) is 0 Å². The Morgan fingerprint density at radius 3 is 2.60 bits per heavy atom. The maximum Gasteiger partial charge on any atom is 0.176 e. The van der Waals surface area contributed by atoms with Crippen LogP contribution in [0.4, 0.5) is 0 Å². The van der Waals surface area contributed by atoms with Gasteiger partial charge in [0.1, 0.15) is 0 Å². The Bertz CT molecular complexity index is 43.3. The molecule has 2 heteroatoms. The topological polar surface area (TPSA) is 35.8 Å². The third-order valence-electron chi connectivity index (χ3n) is 0.204. The van der Waals surface area contributed by atoms with Gasteiger partial charge in [0.2, 0.25) is 0 Å². The van der Waals surface area contributed by atoms with E-state index in [1.165, 1.54) is 0 Å². The van der Waals surface area contributed by atoms with E-state index in [0.29, 0.717) is 6.54 Å². The van der Waals surface area contributed by atoms with E-state index < -0.39 is 0 Å². The molecule has 0 unspecified atom stereocenters. The first-order chi connectivity index (χ1) is 2.41. The van der Waals surface area contributed by atoms with Gasteiger partial charge in [0.25, 0.3) is 0 Å². The van der Waals surface area contributed by atoms with Crippen LogP contribution >= 0.6 is 0 Å². The summed E-state index contributed by atoms with van der Waals surface area (Å²) in [5.41, 5.74) is 0. The Hall–Kier alpha value is -0.710. The van der Waals surface area contributed by atoms with Crippen LogP contribution in [0, 0.1) is 18.4 Å². The van der Waals surface area contributed by atoms with E-state index in [4.69, 9.17) is 5.26 Å². The highest BCUT2D eigenvalue weighted by Gasteiger charge is 1.58. The van der Waals surface area contributed by atoms with Gasteiger partial charge < -0.3 is 5.32 Å². The first kappa shape index (κ1) is 4.29. The highest BCUT2D eigenvalue weighted by Crippen LogP contribution is 1.39. The lowest BCUT2D eigenvalue weighted by molar-refractivity contribution is 0.999. The minimum atomic E-state index is 0.483. The number of nitrogens with zero attached hydrogens (tertiary/aromatic N) is 1. The Morgan fingerprint density at radius 2 is 2.60 bits per heavy atom. The van der Waals surface area contributed by atoms with Gasteiger partial charge in [0.05, 0.1) is 0 Å². The molecule has 0 aliphatic rings. The Balaban J connectivity index is 2.48. The molecule has 0 amide bonds. The molecule has 0 saturated heterocycles. The average molecular weight is 69.1 g/mol. The summed E-state index contributed by atoms with van der Waals surface area (Å²) in [6.07, 6.45) is 1.70. The van der Waals surface area contributed by atoms with Crippen LogP contribution in [-0.4, -0.2) is 6.54 Å². The van der Waals surface area contributed by atoms with Crippen LogP contribution in [0.1, 0.15) is 0 Å². The third kappa shape index (κ3) is 3.29. The molecule has 2 nitrogen and oxygen atoms in total. The molecule has 27 valence electrons. The molecule has 0 atom stereocenters. The Morgan fingerprint density at radius 1 is 2.00 bits per heavy atom. The molecule has 5 heavy (non-hydrogen) atoms. The van der Waals surface area contributed by atoms with Crippen molar-refractivity contribution in [2.45, 2.75) is 0 Å². The molecule has 1 N–H and O–H groups in total. The molecular weight excluding hydrogens is 64.0 g/mol. The van der Waals surface area contributed by atoms with Gasteiger partial charge in [0, 0.05) is 6.54 Å². The molecular formula is C3H5N2. The lowest BCUT2D eigenvalue weighted by atomic mass is 10.8. The zero-order valence-electron chi connectivity index (χ0n) is 2.86. The number of rotatable bonds is 1. The van der Waals surface area contributed by atoms with E-state index in [-0.39, 0.29) is 0 Å². The highest BCUT2D eigenvalue weighted by molar-refractivity contribution is 4.63. The van der Waals surface area contributed by atoms with Crippen molar-refractivity contribution in [2.24, 2.45) is 0 Å². The second-order valence-corrected chi connectivity index (χ2v) is 0.539. The van der Waals surface area contributed by atoms with Crippen molar-refractivity contribution >= 4 is 0 Å². The van der Waals surface area contributed by atoms with Crippen LogP contribution in [0.5, 0.6) is 0 Å². The van der Waals surface area contributed by atoms with E-state index in [9.17, 15) is 0 Å². The lowest BCUT2D eigenvalue weighted by Crippen LogP contribution is -2.01. The molecule has 1 radical (unpaired) electrons. The van der Waals surface area contributed by atoms with Crippen LogP contribution in [-0.2, 0) is 0 Å². The second kappa shape index (κ2) is 3.29. The van der Waals surface area contributed by atoms with E-state index in [1.54, 1.807) is 6.19 Å². The SMILES string of the molecule is [CH2]CNC#N. The predicted molar refractivity (Wildman–Crippen MR) is 19.0 cm³/mol. The fourth-order valence-corrected chi connectivity index (χ4v) is 0.0559. The number of hydrogen-bond acceptors (Lipinski definition) is 2. The van der Waals surface area contributed by atoms with Crippen LogP contribution in [0.2, 0.25) is 0 Å². The number of nitriles is 1. The number of nitrogens with one attached hydrogen (secondary N) is 1. The molecule has 0 fully saturated rings. The van der Waals surface area contributed by atoms with Gasteiger partial charge in [-0.3, -0.25) is 0 Å². The largest absolute Gasteiger partial charge is 0.324 e.